The molecule has 2 aromatic heterocycles. The third kappa shape index (κ3) is 1.80. The fourth-order valence-corrected chi connectivity index (χ4v) is 1.80. The van der Waals surface area contributed by atoms with Crippen LogP contribution in [0.25, 0.3) is 16.7 Å². The minimum Gasteiger partial charge on any atom is -0.327 e. The van der Waals surface area contributed by atoms with Crippen LogP contribution in [0.4, 0.5) is 0 Å². The molecule has 0 saturated carbocycles. The summed E-state index contributed by atoms with van der Waals surface area (Å²) >= 11 is 0. The summed E-state index contributed by atoms with van der Waals surface area (Å²) < 4.78 is 4.23. The Bertz CT molecular complexity index is 580. The van der Waals surface area contributed by atoms with Crippen molar-refractivity contribution < 1.29 is 21.1 Å². The van der Waals surface area contributed by atoms with Gasteiger partial charge in [-0.15, -0.1) is 0 Å². The smallest absolute Gasteiger partial charge is 0.137 e. The summed E-state index contributed by atoms with van der Waals surface area (Å²) in [6.07, 6.45) is 3.72. The first-order chi connectivity index (χ1) is 7.38. The van der Waals surface area contributed by atoms with Crippen molar-refractivity contribution >= 4 is 16.7 Å². The quantitative estimate of drug-likeness (QED) is 0.584. The van der Waals surface area contributed by atoms with Crippen LogP contribution in [0.5, 0.6) is 0 Å². The van der Waals surface area contributed by atoms with E-state index in [0.717, 1.165) is 5.65 Å². The number of aryl methyl sites for hydroxylation is 1. The van der Waals surface area contributed by atoms with Crippen molar-refractivity contribution in [3.8, 4) is 0 Å². The Kier molecular flexibility index (Phi) is 4.31. The largest absolute Gasteiger partial charge is 0.327 e. The van der Waals surface area contributed by atoms with Gasteiger partial charge in [0.25, 0.3) is 0 Å². The number of hydrogen-bond donors (Lipinski definition) is 0. The summed E-state index contributed by atoms with van der Waals surface area (Å²) in [5, 5.41) is 0. The molecule has 84 valence electrons. The van der Waals surface area contributed by atoms with E-state index >= 15 is 0 Å². The Morgan fingerprint density at radius 2 is 1.69 bits per heavy atom. The first kappa shape index (κ1) is 13.0. The van der Waals surface area contributed by atoms with Crippen molar-refractivity contribution in [1.29, 1.82) is 0 Å². The van der Waals surface area contributed by atoms with Gasteiger partial charge in [0.2, 0.25) is 0 Å². The van der Waals surface area contributed by atoms with E-state index in [2.05, 4.69) is 39.2 Å². The fourth-order valence-electron chi connectivity index (χ4n) is 1.80. The van der Waals surface area contributed by atoms with Crippen molar-refractivity contribution in [1.82, 2.24) is 14.0 Å². The summed E-state index contributed by atoms with van der Waals surface area (Å²) in [6.45, 7) is 4.00. The second-order valence-corrected chi connectivity index (χ2v) is 3.17. The van der Waals surface area contributed by atoms with Gasteiger partial charge < -0.3 is 4.57 Å². The number of rotatable bonds is 0. The van der Waals surface area contributed by atoms with Gasteiger partial charge in [-0.25, -0.2) is 4.98 Å². The molecule has 3 aromatic rings. The number of nitrogens with zero attached hydrogens (tertiary/aromatic N) is 3. The topological polar surface area (TPSA) is 22.2 Å². The minimum atomic E-state index is 0. The summed E-state index contributed by atoms with van der Waals surface area (Å²) in [6, 6.07) is 8.31. The van der Waals surface area contributed by atoms with Crippen LogP contribution in [0, 0.1) is 0 Å². The van der Waals surface area contributed by atoms with Crippen molar-refractivity contribution in [2.75, 3.05) is 0 Å². The van der Waals surface area contributed by atoms with Gasteiger partial charge in [-0.3, -0.25) is 4.40 Å². The molecule has 3 rings (SSSR count). The van der Waals surface area contributed by atoms with Crippen molar-refractivity contribution in [3.63, 3.8) is 0 Å². The van der Waals surface area contributed by atoms with Gasteiger partial charge in [0.05, 0.1) is 17.2 Å². The molecule has 0 bridgehead atoms. The van der Waals surface area contributed by atoms with Crippen molar-refractivity contribution in [3.05, 3.63) is 36.8 Å². The molecular formula is C12H15N3W. The number of imidazole rings is 2. The van der Waals surface area contributed by atoms with Crippen LogP contribution < -0.4 is 0 Å². The molecule has 0 radical (unpaired) electrons. The first-order valence-corrected chi connectivity index (χ1v) is 5.23. The Labute approximate surface area is 109 Å². The van der Waals surface area contributed by atoms with E-state index in [1.807, 2.05) is 32.4 Å². The second-order valence-electron chi connectivity index (χ2n) is 3.17. The van der Waals surface area contributed by atoms with Gasteiger partial charge in [0, 0.05) is 28.1 Å². The van der Waals surface area contributed by atoms with Gasteiger partial charge in [-0.2, -0.15) is 0 Å². The molecule has 0 spiro atoms. The number of fused-ring (bicyclic) bond motifs is 3. The van der Waals surface area contributed by atoms with Crippen molar-refractivity contribution in [2.45, 2.75) is 13.8 Å². The maximum atomic E-state index is 4.11. The van der Waals surface area contributed by atoms with Crippen LogP contribution in [0.1, 0.15) is 13.8 Å². The molecule has 1 aromatic carbocycles. The predicted octanol–water partition coefficient (Wildman–Crippen LogP) is 2.85. The summed E-state index contributed by atoms with van der Waals surface area (Å²) in [4.78, 5) is 4.11. The van der Waals surface area contributed by atoms with Crippen LogP contribution in [-0.4, -0.2) is 14.0 Å². The maximum Gasteiger partial charge on any atom is 0.137 e. The standard InChI is InChI=1S/C10H9N3.C2H6.W/c1-12-8-4-2-3-5-9(8)13-7-11-6-10(12)13;1-2;/h2-7H,1H3;1-2H3;. The van der Waals surface area contributed by atoms with Crippen LogP contribution in [0.15, 0.2) is 36.8 Å². The summed E-state index contributed by atoms with van der Waals surface area (Å²) in [5.74, 6) is 0. The molecule has 0 amide bonds. The zero-order valence-corrected chi connectivity index (χ0v) is 12.6. The molecule has 0 aliphatic heterocycles. The van der Waals surface area contributed by atoms with Gasteiger partial charge in [-0.1, -0.05) is 26.0 Å². The third-order valence-electron chi connectivity index (χ3n) is 2.47. The van der Waals surface area contributed by atoms with E-state index < -0.39 is 0 Å². The number of hydrogen-bond acceptors (Lipinski definition) is 1. The Morgan fingerprint density at radius 3 is 2.38 bits per heavy atom. The molecule has 0 saturated heterocycles. The average Bonchev–Trinajstić information content (AvgIpc) is 2.87. The third-order valence-corrected chi connectivity index (χ3v) is 2.47. The Hall–Kier alpha value is -1.08. The fraction of sp³-hybridized carbons (Fsp3) is 0.250. The minimum absolute atomic E-state index is 0. The zero-order chi connectivity index (χ0) is 10.8. The molecule has 4 heteroatoms. The summed E-state index contributed by atoms with van der Waals surface area (Å²) in [7, 11) is 2.05. The average molecular weight is 385 g/mol. The van der Waals surface area contributed by atoms with E-state index in [9.17, 15) is 0 Å². The number of benzene rings is 1. The van der Waals surface area contributed by atoms with Crippen LogP contribution in [-0.2, 0) is 28.1 Å². The first-order valence-electron chi connectivity index (χ1n) is 5.23. The second kappa shape index (κ2) is 5.31. The molecule has 0 aliphatic carbocycles. The maximum absolute atomic E-state index is 4.11. The van der Waals surface area contributed by atoms with E-state index in [4.69, 9.17) is 0 Å². The molecule has 0 N–H and O–H groups in total. The monoisotopic (exact) mass is 385 g/mol. The predicted molar refractivity (Wildman–Crippen MR) is 63.0 cm³/mol. The molecule has 0 atom stereocenters. The van der Waals surface area contributed by atoms with E-state index in [-0.39, 0.29) is 21.1 Å². The number of para-hydroxylation sites is 2. The Balaban J connectivity index is 0.000000406. The van der Waals surface area contributed by atoms with E-state index in [0.29, 0.717) is 0 Å². The Morgan fingerprint density at radius 1 is 1.06 bits per heavy atom. The molecule has 0 fully saturated rings. The molecule has 16 heavy (non-hydrogen) atoms. The SMILES string of the molecule is CC.Cn1c2ccccc2n2cncc12.[W]. The molecule has 0 aliphatic rings. The molecular weight excluding hydrogens is 370 g/mol. The van der Waals surface area contributed by atoms with Gasteiger partial charge in [0.1, 0.15) is 12.0 Å². The van der Waals surface area contributed by atoms with Crippen LogP contribution in [0.3, 0.4) is 0 Å². The van der Waals surface area contributed by atoms with Gasteiger partial charge in [-0.05, 0) is 12.1 Å². The van der Waals surface area contributed by atoms with Crippen LogP contribution in [0.2, 0.25) is 0 Å². The van der Waals surface area contributed by atoms with Crippen LogP contribution >= 0.6 is 0 Å². The molecule has 2 heterocycles. The van der Waals surface area contributed by atoms with Gasteiger partial charge in [0.15, 0.2) is 0 Å². The molecule has 3 nitrogen and oxygen atoms in total. The number of aromatic nitrogens is 3. The van der Waals surface area contributed by atoms with E-state index in [1.165, 1.54) is 11.0 Å². The normalized spacial score (nSPS) is 9.69. The summed E-state index contributed by atoms with van der Waals surface area (Å²) in [5.41, 5.74) is 3.57. The van der Waals surface area contributed by atoms with Gasteiger partial charge >= 0.3 is 0 Å². The van der Waals surface area contributed by atoms with E-state index in [1.54, 1.807) is 0 Å². The van der Waals surface area contributed by atoms with Crippen molar-refractivity contribution in [2.24, 2.45) is 7.05 Å². The zero-order valence-electron chi connectivity index (χ0n) is 9.71. The molecule has 0 unspecified atom stereocenters.